The van der Waals surface area contributed by atoms with E-state index in [0.717, 1.165) is 6.54 Å². The van der Waals surface area contributed by atoms with E-state index in [9.17, 15) is 9.50 Å². The average Bonchev–Trinajstić information content (AvgIpc) is 2.12. The van der Waals surface area contributed by atoms with Crippen molar-refractivity contribution in [2.75, 3.05) is 20.1 Å². The van der Waals surface area contributed by atoms with E-state index in [2.05, 4.69) is 0 Å². The zero-order valence-corrected chi connectivity index (χ0v) is 8.20. The molecule has 0 heterocycles. The van der Waals surface area contributed by atoms with E-state index in [1.54, 1.807) is 0 Å². The standard InChI is InChI=1S/C10H15FN2O/c1-13(5-4-12)7-8-6-9(11)2-3-10(8)14/h2-3,6,14H,4-5,7,12H2,1H3. The fraction of sp³-hybridized carbons (Fsp3) is 0.400. The lowest BCUT2D eigenvalue weighted by atomic mass is 10.2. The average molecular weight is 198 g/mol. The number of halogens is 1. The van der Waals surface area contributed by atoms with Gasteiger partial charge < -0.3 is 15.7 Å². The molecule has 0 unspecified atom stereocenters. The van der Waals surface area contributed by atoms with E-state index in [1.165, 1.54) is 18.2 Å². The van der Waals surface area contributed by atoms with Gasteiger partial charge >= 0.3 is 0 Å². The minimum Gasteiger partial charge on any atom is -0.508 e. The lowest BCUT2D eigenvalue weighted by molar-refractivity contribution is 0.328. The van der Waals surface area contributed by atoms with Crippen LogP contribution in [0.1, 0.15) is 5.56 Å². The lowest BCUT2D eigenvalue weighted by Crippen LogP contribution is -2.25. The minimum absolute atomic E-state index is 0.121. The summed E-state index contributed by atoms with van der Waals surface area (Å²) in [5.41, 5.74) is 5.96. The largest absolute Gasteiger partial charge is 0.508 e. The fourth-order valence-electron chi connectivity index (χ4n) is 1.27. The number of phenolic OH excluding ortho intramolecular Hbond substituents is 1. The SMILES string of the molecule is CN(CCN)Cc1cc(F)ccc1O. The van der Waals surface area contributed by atoms with E-state index in [-0.39, 0.29) is 11.6 Å². The molecular weight excluding hydrogens is 183 g/mol. The Morgan fingerprint density at radius 2 is 2.21 bits per heavy atom. The fourth-order valence-corrected chi connectivity index (χ4v) is 1.27. The van der Waals surface area contributed by atoms with Crippen molar-refractivity contribution in [3.8, 4) is 5.75 Å². The molecule has 0 aliphatic carbocycles. The molecule has 0 radical (unpaired) electrons. The summed E-state index contributed by atoms with van der Waals surface area (Å²) in [7, 11) is 1.87. The van der Waals surface area contributed by atoms with E-state index >= 15 is 0 Å². The van der Waals surface area contributed by atoms with Gasteiger partial charge in [0.25, 0.3) is 0 Å². The maximum absolute atomic E-state index is 12.8. The quantitative estimate of drug-likeness (QED) is 0.756. The molecule has 3 nitrogen and oxygen atoms in total. The van der Waals surface area contributed by atoms with Crippen LogP contribution in [0.25, 0.3) is 0 Å². The normalized spacial score (nSPS) is 10.9. The van der Waals surface area contributed by atoms with Gasteiger partial charge in [-0.25, -0.2) is 4.39 Å². The van der Waals surface area contributed by atoms with Crippen LogP contribution in [0.3, 0.4) is 0 Å². The van der Waals surface area contributed by atoms with Crippen LogP contribution < -0.4 is 5.73 Å². The predicted octanol–water partition coefficient (Wildman–Crippen LogP) is 0.922. The lowest BCUT2D eigenvalue weighted by Gasteiger charge is -2.16. The van der Waals surface area contributed by atoms with Gasteiger partial charge in [0, 0.05) is 25.2 Å². The summed E-state index contributed by atoms with van der Waals surface area (Å²) < 4.78 is 12.8. The van der Waals surface area contributed by atoms with E-state index in [1.807, 2.05) is 11.9 Å². The molecule has 1 rings (SSSR count). The molecule has 0 saturated carbocycles. The van der Waals surface area contributed by atoms with Crippen molar-refractivity contribution in [2.45, 2.75) is 6.54 Å². The Morgan fingerprint density at radius 3 is 2.86 bits per heavy atom. The molecule has 0 saturated heterocycles. The third kappa shape index (κ3) is 2.97. The second-order valence-electron chi connectivity index (χ2n) is 3.30. The number of hydrogen-bond donors (Lipinski definition) is 2. The van der Waals surface area contributed by atoms with Gasteiger partial charge in [0.2, 0.25) is 0 Å². The first-order valence-electron chi connectivity index (χ1n) is 4.49. The number of nitrogens with zero attached hydrogens (tertiary/aromatic N) is 1. The highest BCUT2D eigenvalue weighted by molar-refractivity contribution is 5.32. The maximum atomic E-state index is 12.8. The summed E-state index contributed by atoms with van der Waals surface area (Å²) in [6.45, 7) is 1.77. The Hall–Kier alpha value is -1.13. The minimum atomic E-state index is -0.334. The molecule has 1 aromatic rings. The van der Waals surface area contributed by atoms with Gasteiger partial charge in [-0.15, -0.1) is 0 Å². The Balaban J connectivity index is 2.70. The van der Waals surface area contributed by atoms with Gasteiger partial charge in [-0.2, -0.15) is 0 Å². The first kappa shape index (κ1) is 10.9. The van der Waals surface area contributed by atoms with Gasteiger partial charge in [-0.3, -0.25) is 0 Å². The van der Waals surface area contributed by atoms with E-state index in [4.69, 9.17) is 5.73 Å². The molecule has 3 N–H and O–H groups in total. The van der Waals surface area contributed by atoms with Crippen molar-refractivity contribution in [1.82, 2.24) is 4.90 Å². The number of hydrogen-bond acceptors (Lipinski definition) is 3. The number of benzene rings is 1. The highest BCUT2D eigenvalue weighted by Gasteiger charge is 2.05. The second-order valence-corrected chi connectivity index (χ2v) is 3.30. The molecule has 78 valence electrons. The number of nitrogens with two attached hydrogens (primary N) is 1. The third-order valence-corrected chi connectivity index (χ3v) is 1.99. The molecule has 4 heteroatoms. The summed E-state index contributed by atoms with van der Waals surface area (Å²) in [6, 6.07) is 3.94. The van der Waals surface area contributed by atoms with Crippen LogP contribution in [0.5, 0.6) is 5.75 Å². The molecule has 0 amide bonds. The summed E-state index contributed by atoms with van der Waals surface area (Å²) in [4.78, 5) is 1.93. The van der Waals surface area contributed by atoms with Crippen LogP contribution in [-0.4, -0.2) is 30.1 Å². The number of likely N-dealkylation sites (N-methyl/N-ethyl adjacent to an activating group) is 1. The van der Waals surface area contributed by atoms with Crippen LogP contribution in [0.15, 0.2) is 18.2 Å². The van der Waals surface area contributed by atoms with Crippen molar-refractivity contribution in [3.05, 3.63) is 29.6 Å². The molecule has 0 bridgehead atoms. The van der Waals surface area contributed by atoms with Crippen molar-refractivity contribution < 1.29 is 9.50 Å². The van der Waals surface area contributed by atoms with Crippen molar-refractivity contribution in [2.24, 2.45) is 5.73 Å². The molecule has 0 aliphatic heterocycles. The summed E-state index contributed by atoms with van der Waals surface area (Å²) in [6.07, 6.45) is 0. The topological polar surface area (TPSA) is 49.5 Å². The van der Waals surface area contributed by atoms with Crippen LogP contribution >= 0.6 is 0 Å². The predicted molar refractivity (Wildman–Crippen MR) is 53.5 cm³/mol. The van der Waals surface area contributed by atoms with Gasteiger partial charge in [0.05, 0.1) is 0 Å². The monoisotopic (exact) mass is 198 g/mol. The highest BCUT2D eigenvalue weighted by Crippen LogP contribution is 2.18. The second kappa shape index (κ2) is 4.93. The van der Waals surface area contributed by atoms with Crippen molar-refractivity contribution in [1.29, 1.82) is 0 Å². The Labute approximate surface area is 83.0 Å². The van der Waals surface area contributed by atoms with Gasteiger partial charge in [0.15, 0.2) is 0 Å². The van der Waals surface area contributed by atoms with Crippen LogP contribution in [0.4, 0.5) is 4.39 Å². The smallest absolute Gasteiger partial charge is 0.123 e. The summed E-state index contributed by atoms with van der Waals surface area (Å²) in [5, 5.41) is 9.43. The third-order valence-electron chi connectivity index (χ3n) is 1.99. The van der Waals surface area contributed by atoms with E-state index < -0.39 is 0 Å². The van der Waals surface area contributed by atoms with Crippen molar-refractivity contribution in [3.63, 3.8) is 0 Å². The number of rotatable bonds is 4. The molecule has 0 atom stereocenters. The Bertz CT molecular complexity index is 304. The van der Waals surface area contributed by atoms with Crippen LogP contribution in [0.2, 0.25) is 0 Å². The molecule has 0 fully saturated rings. The molecule has 0 spiro atoms. The zero-order chi connectivity index (χ0) is 10.6. The highest BCUT2D eigenvalue weighted by atomic mass is 19.1. The Morgan fingerprint density at radius 1 is 1.50 bits per heavy atom. The first-order chi connectivity index (χ1) is 6.63. The van der Waals surface area contributed by atoms with Gasteiger partial charge in [0.1, 0.15) is 11.6 Å². The zero-order valence-electron chi connectivity index (χ0n) is 8.20. The molecular formula is C10H15FN2O. The molecule has 0 aliphatic rings. The van der Waals surface area contributed by atoms with Crippen LogP contribution in [-0.2, 0) is 6.54 Å². The van der Waals surface area contributed by atoms with Gasteiger partial charge in [-0.05, 0) is 25.2 Å². The van der Waals surface area contributed by atoms with Crippen molar-refractivity contribution >= 4 is 0 Å². The molecule has 0 aromatic heterocycles. The molecule has 14 heavy (non-hydrogen) atoms. The number of aromatic hydroxyl groups is 1. The summed E-state index contributed by atoms with van der Waals surface area (Å²) >= 11 is 0. The Kier molecular flexibility index (Phi) is 3.85. The molecule has 1 aromatic carbocycles. The maximum Gasteiger partial charge on any atom is 0.123 e. The summed E-state index contributed by atoms with van der Waals surface area (Å²) in [5.74, 6) is -0.214. The van der Waals surface area contributed by atoms with Crippen LogP contribution in [0, 0.1) is 5.82 Å². The first-order valence-corrected chi connectivity index (χ1v) is 4.49. The number of phenols is 1. The van der Waals surface area contributed by atoms with E-state index in [0.29, 0.717) is 18.7 Å². The van der Waals surface area contributed by atoms with Gasteiger partial charge in [-0.1, -0.05) is 0 Å².